The van der Waals surface area contributed by atoms with E-state index in [1.807, 2.05) is 12.3 Å². The lowest BCUT2D eigenvalue weighted by atomic mass is 9.79. The zero-order chi connectivity index (χ0) is 18.8. The lowest BCUT2D eigenvalue weighted by molar-refractivity contribution is 0.0893. The first-order valence-electron chi connectivity index (χ1n) is 10.5. The van der Waals surface area contributed by atoms with Crippen LogP contribution in [0.5, 0.6) is 0 Å². The summed E-state index contributed by atoms with van der Waals surface area (Å²) in [5.74, 6) is 1.77. The van der Waals surface area contributed by atoms with Crippen LogP contribution in [0.2, 0.25) is 0 Å². The van der Waals surface area contributed by atoms with E-state index in [1.54, 1.807) is 0 Å². The van der Waals surface area contributed by atoms with Gasteiger partial charge in [-0.15, -0.1) is 0 Å². The largest absolute Gasteiger partial charge is 0.411 e. The molecule has 0 radical (unpaired) electrons. The molecule has 2 aromatic rings. The molecule has 0 unspecified atom stereocenters. The normalized spacial score (nSPS) is 25.7. The number of piperidine rings is 1. The maximum absolute atomic E-state index is 8.96. The molecule has 4 rings (SSSR count). The van der Waals surface area contributed by atoms with Crippen LogP contribution in [0.4, 0.5) is 0 Å². The van der Waals surface area contributed by atoms with E-state index >= 15 is 0 Å². The van der Waals surface area contributed by atoms with Crippen LogP contribution in [0.15, 0.2) is 29.7 Å². The van der Waals surface area contributed by atoms with Crippen molar-refractivity contribution >= 4 is 17.2 Å². The lowest BCUT2D eigenvalue weighted by Gasteiger charge is -2.41. The number of hydrogen-bond acceptors (Lipinski definition) is 4. The molecule has 3 heterocycles. The van der Waals surface area contributed by atoms with Crippen molar-refractivity contribution in [1.29, 1.82) is 0 Å². The monoisotopic (exact) mass is 368 g/mol. The third-order valence-electron chi connectivity index (χ3n) is 6.91. The van der Waals surface area contributed by atoms with Crippen molar-refractivity contribution < 1.29 is 5.21 Å². The third kappa shape index (κ3) is 3.75. The molecule has 1 saturated heterocycles. The second-order valence-electron chi connectivity index (χ2n) is 8.69. The Hall–Kier alpha value is -1.88. The van der Waals surface area contributed by atoms with Gasteiger partial charge in [-0.2, -0.15) is 0 Å². The molecule has 0 spiro atoms. The molecule has 0 aromatic carbocycles. The van der Waals surface area contributed by atoms with E-state index < -0.39 is 0 Å². The number of hydrogen-bond donors (Lipinski definition) is 1. The summed E-state index contributed by atoms with van der Waals surface area (Å²) in [6.07, 6.45) is 13.4. The predicted molar refractivity (Wildman–Crippen MR) is 110 cm³/mol. The molecule has 0 bridgehead atoms. The number of oxime groups is 1. The Morgan fingerprint density at radius 3 is 2.52 bits per heavy atom. The van der Waals surface area contributed by atoms with E-state index in [2.05, 4.69) is 45.7 Å². The van der Waals surface area contributed by atoms with Crippen molar-refractivity contribution in [2.45, 2.75) is 64.5 Å². The van der Waals surface area contributed by atoms with Crippen LogP contribution < -0.4 is 0 Å². The van der Waals surface area contributed by atoms with Crippen LogP contribution in [0.3, 0.4) is 0 Å². The Morgan fingerprint density at radius 2 is 1.85 bits per heavy atom. The van der Waals surface area contributed by atoms with E-state index in [0.29, 0.717) is 6.04 Å². The average molecular weight is 369 g/mol. The molecule has 1 aliphatic heterocycles. The summed E-state index contributed by atoms with van der Waals surface area (Å²) in [4.78, 5) is 7.34. The van der Waals surface area contributed by atoms with Crippen molar-refractivity contribution in [1.82, 2.24) is 14.5 Å². The summed E-state index contributed by atoms with van der Waals surface area (Å²) in [6.45, 7) is 7.11. The maximum atomic E-state index is 8.96. The third-order valence-corrected chi connectivity index (χ3v) is 6.91. The minimum Gasteiger partial charge on any atom is -0.411 e. The van der Waals surface area contributed by atoms with E-state index in [1.165, 1.54) is 57.8 Å². The van der Waals surface area contributed by atoms with Crippen LogP contribution in [0.25, 0.3) is 11.0 Å². The fourth-order valence-corrected chi connectivity index (χ4v) is 5.21. The fraction of sp³-hybridized carbons (Fsp3) is 0.636. The number of pyridine rings is 1. The van der Waals surface area contributed by atoms with Gasteiger partial charge in [0.1, 0.15) is 5.65 Å². The highest BCUT2D eigenvalue weighted by Gasteiger charge is 2.30. The van der Waals surface area contributed by atoms with Gasteiger partial charge in [0.15, 0.2) is 0 Å². The fourth-order valence-electron chi connectivity index (χ4n) is 5.21. The standard InChI is InChI=1S/C22H32N4O/c1-16(2)17-5-7-19(8-6-17)25-12-9-20(10-13-25)26-15-18(14-24-27)21-4-3-11-23-22(21)26/h3-4,11,14-17,19-20,27H,5-10,12-13H2,1-2H3/b24-14+. The first-order valence-corrected chi connectivity index (χ1v) is 10.5. The van der Waals surface area contributed by atoms with Crippen molar-refractivity contribution in [3.63, 3.8) is 0 Å². The van der Waals surface area contributed by atoms with Gasteiger partial charge in [0.05, 0.1) is 6.21 Å². The summed E-state index contributed by atoms with van der Waals surface area (Å²) in [5.41, 5.74) is 1.94. The van der Waals surface area contributed by atoms with Crippen LogP contribution in [-0.2, 0) is 0 Å². The molecule has 27 heavy (non-hydrogen) atoms. The van der Waals surface area contributed by atoms with Crippen molar-refractivity contribution in [2.24, 2.45) is 17.0 Å². The maximum Gasteiger partial charge on any atom is 0.140 e. The highest BCUT2D eigenvalue weighted by molar-refractivity contribution is 5.97. The van der Waals surface area contributed by atoms with Gasteiger partial charge >= 0.3 is 0 Å². The molecule has 1 saturated carbocycles. The summed E-state index contributed by atoms with van der Waals surface area (Å²) < 4.78 is 2.30. The van der Waals surface area contributed by atoms with Crippen molar-refractivity contribution in [2.75, 3.05) is 13.1 Å². The molecule has 2 fully saturated rings. The zero-order valence-electron chi connectivity index (χ0n) is 16.6. The SMILES string of the molecule is CC(C)C1CCC(N2CCC(n3cc(/C=N/O)c4cccnc43)CC2)CC1. The summed E-state index contributed by atoms with van der Waals surface area (Å²) in [5, 5.41) is 13.3. The molecule has 1 N–H and O–H groups in total. The van der Waals surface area contributed by atoms with Gasteiger partial charge in [-0.1, -0.05) is 19.0 Å². The Balaban J connectivity index is 1.42. The minimum absolute atomic E-state index is 0.478. The van der Waals surface area contributed by atoms with E-state index in [0.717, 1.165) is 34.5 Å². The van der Waals surface area contributed by atoms with Gasteiger partial charge in [-0.25, -0.2) is 4.98 Å². The van der Waals surface area contributed by atoms with Gasteiger partial charge < -0.3 is 14.7 Å². The number of aromatic nitrogens is 2. The Labute approximate surface area is 162 Å². The van der Waals surface area contributed by atoms with Gasteiger partial charge in [0.25, 0.3) is 0 Å². The molecule has 2 aliphatic rings. The molecular weight excluding hydrogens is 336 g/mol. The molecular formula is C22H32N4O. The van der Waals surface area contributed by atoms with Gasteiger partial charge in [0.2, 0.25) is 0 Å². The Bertz CT molecular complexity index is 781. The number of likely N-dealkylation sites (tertiary alicyclic amines) is 1. The second-order valence-corrected chi connectivity index (χ2v) is 8.69. The van der Waals surface area contributed by atoms with Crippen LogP contribution in [-0.4, -0.2) is 45.0 Å². The average Bonchev–Trinajstić information content (AvgIpc) is 3.07. The molecule has 1 aliphatic carbocycles. The second kappa shape index (κ2) is 8.01. The molecule has 146 valence electrons. The van der Waals surface area contributed by atoms with Gasteiger partial charge in [-0.05, 0) is 62.5 Å². The first kappa shape index (κ1) is 18.5. The summed E-state index contributed by atoms with van der Waals surface area (Å²) in [6, 6.07) is 5.26. The quantitative estimate of drug-likeness (QED) is 0.484. The molecule has 5 nitrogen and oxygen atoms in total. The summed E-state index contributed by atoms with van der Waals surface area (Å²) >= 11 is 0. The highest BCUT2D eigenvalue weighted by atomic mass is 16.4. The lowest BCUT2D eigenvalue weighted by Crippen LogP contribution is -2.43. The van der Waals surface area contributed by atoms with Crippen LogP contribution in [0.1, 0.15) is 64.0 Å². The van der Waals surface area contributed by atoms with E-state index in [-0.39, 0.29) is 0 Å². The first-order chi connectivity index (χ1) is 13.2. The smallest absolute Gasteiger partial charge is 0.140 e. The number of rotatable bonds is 4. The number of fused-ring (bicyclic) bond motifs is 1. The molecule has 0 atom stereocenters. The van der Waals surface area contributed by atoms with Crippen molar-refractivity contribution in [3.8, 4) is 0 Å². The zero-order valence-corrected chi connectivity index (χ0v) is 16.6. The van der Waals surface area contributed by atoms with E-state index in [4.69, 9.17) is 5.21 Å². The van der Waals surface area contributed by atoms with Crippen LogP contribution in [0, 0.1) is 11.8 Å². The Morgan fingerprint density at radius 1 is 1.11 bits per heavy atom. The molecule has 0 amide bonds. The molecule has 2 aromatic heterocycles. The summed E-state index contributed by atoms with van der Waals surface area (Å²) in [7, 11) is 0. The topological polar surface area (TPSA) is 53.7 Å². The van der Waals surface area contributed by atoms with Gasteiger partial charge in [-0.3, -0.25) is 0 Å². The predicted octanol–water partition coefficient (Wildman–Crippen LogP) is 4.70. The molecule has 5 heteroatoms. The van der Waals surface area contributed by atoms with Crippen LogP contribution >= 0.6 is 0 Å². The number of nitrogens with zero attached hydrogens (tertiary/aromatic N) is 4. The Kier molecular flexibility index (Phi) is 5.48. The van der Waals surface area contributed by atoms with Gasteiger partial charge in [0, 0.05) is 48.5 Å². The van der Waals surface area contributed by atoms with Crippen molar-refractivity contribution in [3.05, 3.63) is 30.1 Å². The highest BCUT2D eigenvalue weighted by Crippen LogP contribution is 2.35. The minimum atomic E-state index is 0.478. The van der Waals surface area contributed by atoms with E-state index in [9.17, 15) is 0 Å².